The van der Waals surface area contributed by atoms with Crippen molar-refractivity contribution >= 4 is 40.4 Å². The molecule has 1 heterocycles. The van der Waals surface area contributed by atoms with Gasteiger partial charge in [0.05, 0.1) is 13.3 Å². The number of halogens is 2. The van der Waals surface area contributed by atoms with Crippen LogP contribution in [0.3, 0.4) is 0 Å². The molecule has 20 heavy (non-hydrogen) atoms. The molecule has 0 bridgehead atoms. The molecule has 0 unspecified atom stereocenters. The van der Waals surface area contributed by atoms with E-state index in [0.717, 1.165) is 0 Å². The van der Waals surface area contributed by atoms with Crippen molar-refractivity contribution in [2.24, 2.45) is 0 Å². The Morgan fingerprint density at radius 2 is 2.05 bits per heavy atom. The Labute approximate surface area is 135 Å². The summed E-state index contributed by atoms with van der Waals surface area (Å²) in [5, 5.41) is 0.542. The first-order chi connectivity index (χ1) is 9.56. The molecule has 0 radical (unpaired) electrons. The number of aromatic nitrogens is 1. The van der Waals surface area contributed by atoms with Gasteiger partial charge in [-0.25, -0.2) is 4.98 Å². The second-order valence-electron chi connectivity index (χ2n) is 4.05. The third kappa shape index (κ3) is 3.04. The Morgan fingerprint density at radius 3 is 2.65 bits per heavy atom. The molecule has 0 saturated heterocycles. The number of ketones is 1. The maximum atomic E-state index is 11.8. The highest BCUT2D eigenvalue weighted by Gasteiger charge is 2.15. The number of carbonyl (C=O) groups is 1. The molecule has 0 spiro atoms. The number of benzene rings is 1. The van der Waals surface area contributed by atoms with Crippen LogP contribution in [0.2, 0.25) is 5.02 Å². The SMILES string of the molecule is COc1cnc(OI)cc1-c1cc(Cl)ccc1C(C)=O. The Bertz CT molecular complexity index is 661. The van der Waals surface area contributed by atoms with Crippen LogP contribution in [-0.2, 0) is 0 Å². The maximum Gasteiger partial charge on any atom is 0.225 e. The van der Waals surface area contributed by atoms with Gasteiger partial charge in [-0.2, -0.15) is 0 Å². The van der Waals surface area contributed by atoms with Crippen LogP contribution in [0.1, 0.15) is 17.3 Å². The van der Waals surface area contributed by atoms with Crippen molar-refractivity contribution in [2.45, 2.75) is 6.92 Å². The molecule has 0 aliphatic carbocycles. The molecule has 1 aromatic carbocycles. The van der Waals surface area contributed by atoms with Gasteiger partial charge in [-0.05, 0) is 30.7 Å². The van der Waals surface area contributed by atoms with Crippen molar-refractivity contribution in [3.63, 3.8) is 0 Å². The number of ether oxygens (including phenoxy) is 1. The van der Waals surface area contributed by atoms with Crippen molar-refractivity contribution in [3.8, 4) is 22.8 Å². The van der Waals surface area contributed by atoms with Gasteiger partial charge >= 0.3 is 0 Å². The predicted octanol–water partition coefficient (Wildman–Crippen LogP) is 4.34. The van der Waals surface area contributed by atoms with Gasteiger partial charge in [0.25, 0.3) is 0 Å². The number of rotatable bonds is 4. The molecular formula is C14H11ClINO3. The fourth-order valence-corrected chi connectivity index (χ4v) is 2.30. The molecule has 2 rings (SSSR count). The zero-order chi connectivity index (χ0) is 14.7. The Hall–Kier alpha value is -1.34. The van der Waals surface area contributed by atoms with E-state index in [2.05, 4.69) is 4.98 Å². The smallest absolute Gasteiger partial charge is 0.225 e. The van der Waals surface area contributed by atoms with Gasteiger partial charge in [0.2, 0.25) is 5.88 Å². The molecule has 0 N–H and O–H groups in total. The molecule has 0 aliphatic heterocycles. The van der Waals surface area contributed by atoms with Crippen molar-refractivity contribution in [3.05, 3.63) is 41.0 Å². The maximum absolute atomic E-state index is 11.8. The molecule has 0 aliphatic rings. The predicted molar refractivity (Wildman–Crippen MR) is 85.9 cm³/mol. The summed E-state index contributed by atoms with van der Waals surface area (Å²) in [5.41, 5.74) is 1.97. The average molecular weight is 404 g/mol. The third-order valence-electron chi connectivity index (χ3n) is 2.79. The van der Waals surface area contributed by atoms with Crippen LogP contribution in [0.5, 0.6) is 11.6 Å². The summed E-state index contributed by atoms with van der Waals surface area (Å²) in [4.78, 5) is 15.9. The first kappa shape index (κ1) is 15.1. The summed E-state index contributed by atoms with van der Waals surface area (Å²) < 4.78 is 10.4. The number of carbonyl (C=O) groups excluding carboxylic acids is 1. The van der Waals surface area contributed by atoms with Crippen LogP contribution < -0.4 is 7.80 Å². The molecule has 1 aromatic heterocycles. The molecule has 104 valence electrons. The van der Waals surface area contributed by atoms with Gasteiger partial charge in [-0.1, -0.05) is 11.6 Å². The van der Waals surface area contributed by atoms with Gasteiger partial charge in [-0.3, -0.25) is 4.79 Å². The van der Waals surface area contributed by atoms with Gasteiger partial charge in [0.15, 0.2) is 28.8 Å². The van der Waals surface area contributed by atoms with Crippen LogP contribution >= 0.6 is 34.6 Å². The molecule has 4 nitrogen and oxygen atoms in total. The molecule has 6 heteroatoms. The third-order valence-corrected chi connectivity index (χ3v) is 3.48. The minimum atomic E-state index is -0.0486. The summed E-state index contributed by atoms with van der Waals surface area (Å²) in [6, 6.07) is 6.83. The van der Waals surface area contributed by atoms with E-state index in [1.165, 1.54) is 6.92 Å². The molecule has 0 atom stereocenters. The summed E-state index contributed by atoms with van der Waals surface area (Å²) >= 11 is 7.79. The first-order valence-electron chi connectivity index (χ1n) is 5.70. The standard InChI is InChI=1S/C14H11ClINO3/c1-8(18)10-4-3-9(15)5-11(10)12-6-14(20-16)17-7-13(12)19-2/h3-7H,1-2H3. The molecule has 0 fully saturated rings. The topological polar surface area (TPSA) is 48.4 Å². The Balaban J connectivity index is 2.72. The highest BCUT2D eigenvalue weighted by atomic mass is 127. The summed E-state index contributed by atoms with van der Waals surface area (Å²) in [5.74, 6) is 0.926. The number of pyridine rings is 1. The van der Waals surface area contributed by atoms with Gasteiger partial charge in [0.1, 0.15) is 5.75 Å². The fraction of sp³-hybridized carbons (Fsp3) is 0.143. The second-order valence-corrected chi connectivity index (χ2v) is 4.92. The van der Waals surface area contributed by atoms with Gasteiger partial charge in [-0.15, -0.1) is 0 Å². The van der Waals surface area contributed by atoms with Crippen LogP contribution in [-0.4, -0.2) is 17.9 Å². The quantitative estimate of drug-likeness (QED) is 0.563. The van der Waals surface area contributed by atoms with E-state index in [1.54, 1.807) is 60.6 Å². The largest absolute Gasteiger partial charge is 0.494 e. The molecule has 0 amide bonds. The lowest BCUT2D eigenvalue weighted by Gasteiger charge is -2.12. The number of Topliss-reactive ketones (excluding diaryl/α,β-unsaturated/α-hetero) is 1. The van der Waals surface area contributed by atoms with Gasteiger partial charge in [0, 0.05) is 22.2 Å². The van der Waals surface area contributed by atoms with Crippen molar-refractivity contribution in [2.75, 3.05) is 7.11 Å². The minimum absolute atomic E-state index is 0.0486. The monoisotopic (exact) mass is 403 g/mol. The first-order valence-corrected chi connectivity index (χ1v) is 6.96. The highest BCUT2D eigenvalue weighted by Crippen LogP contribution is 2.36. The summed E-state index contributed by atoms with van der Waals surface area (Å²) in [6.07, 6.45) is 1.55. The van der Waals surface area contributed by atoms with E-state index < -0.39 is 0 Å². The van der Waals surface area contributed by atoms with Gasteiger partial charge < -0.3 is 7.80 Å². The number of hydrogen-bond donors (Lipinski definition) is 0. The zero-order valence-corrected chi connectivity index (χ0v) is 13.7. The second kappa shape index (κ2) is 6.41. The lowest BCUT2D eigenvalue weighted by Crippen LogP contribution is -1.98. The van der Waals surface area contributed by atoms with Crippen LogP contribution in [0.15, 0.2) is 30.5 Å². The Kier molecular flexibility index (Phi) is 4.82. The lowest BCUT2D eigenvalue weighted by molar-refractivity contribution is 0.101. The fourth-order valence-electron chi connectivity index (χ4n) is 1.89. The normalized spacial score (nSPS) is 10.2. The van der Waals surface area contributed by atoms with E-state index >= 15 is 0 Å². The molecular weight excluding hydrogens is 393 g/mol. The lowest BCUT2D eigenvalue weighted by atomic mass is 9.97. The van der Waals surface area contributed by atoms with E-state index in [4.69, 9.17) is 19.4 Å². The summed E-state index contributed by atoms with van der Waals surface area (Å²) in [6.45, 7) is 1.51. The van der Waals surface area contributed by atoms with Crippen LogP contribution in [0.25, 0.3) is 11.1 Å². The van der Waals surface area contributed by atoms with E-state index in [-0.39, 0.29) is 5.78 Å². The molecule has 0 saturated carbocycles. The van der Waals surface area contributed by atoms with E-state index in [9.17, 15) is 4.79 Å². The van der Waals surface area contributed by atoms with E-state index in [0.29, 0.717) is 33.3 Å². The number of methoxy groups -OCH3 is 1. The van der Waals surface area contributed by atoms with Crippen LogP contribution in [0.4, 0.5) is 0 Å². The molecule has 2 aromatic rings. The average Bonchev–Trinajstić information content (AvgIpc) is 2.46. The minimum Gasteiger partial charge on any atom is -0.494 e. The van der Waals surface area contributed by atoms with Crippen molar-refractivity contribution in [1.29, 1.82) is 0 Å². The summed E-state index contributed by atoms with van der Waals surface area (Å²) in [7, 11) is 1.54. The van der Waals surface area contributed by atoms with E-state index in [1.807, 2.05) is 0 Å². The van der Waals surface area contributed by atoms with Crippen molar-refractivity contribution < 1.29 is 12.6 Å². The number of hydrogen-bond acceptors (Lipinski definition) is 4. The van der Waals surface area contributed by atoms with Crippen molar-refractivity contribution in [1.82, 2.24) is 4.98 Å². The highest BCUT2D eigenvalue weighted by molar-refractivity contribution is 14.1. The number of nitrogens with zero attached hydrogens (tertiary/aromatic N) is 1. The Morgan fingerprint density at radius 1 is 1.30 bits per heavy atom. The van der Waals surface area contributed by atoms with Crippen LogP contribution in [0, 0.1) is 0 Å². The zero-order valence-electron chi connectivity index (χ0n) is 10.8.